The molecule has 0 unspecified atom stereocenters. The third kappa shape index (κ3) is 3.97. The van der Waals surface area contributed by atoms with Crippen molar-refractivity contribution >= 4 is 39.5 Å². The van der Waals surface area contributed by atoms with Crippen molar-refractivity contribution in [3.8, 4) is 0 Å². The van der Waals surface area contributed by atoms with E-state index < -0.39 is 11.5 Å². The topological polar surface area (TPSA) is 101 Å². The van der Waals surface area contributed by atoms with Crippen LogP contribution in [0.3, 0.4) is 0 Å². The Labute approximate surface area is 215 Å². The van der Waals surface area contributed by atoms with Crippen LogP contribution in [-0.4, -0.2) is 68.7 Å². The first kappa shape index (κ1) is 23.3. The molecule has 2 aliphatic rings. The average molecular weight is 498 g/mol. The number of aromatic nitrogens is 2. The second-order valence-corrected chi connectivity index (χ2v) is 11.3. The van der Waals surface area contributed by atoms with Gasteiger partial charge in [0.15, 0.2) is 0 Å². The minimum Gasteiger partial charge on any atom is -0.360 e. The SMILES string of the molecule is CC(C)(C)[C@H](NC(=O)c1cc2ccccc2[nH]1)C(=O)N1C[C@@H]2C[C@H]1CN2C(=O)c1c[nH]c2ccccc12. The fourth-order valence-corrected chi connectivity index (χ4v) is 5.81. The number of fused-ring (bicyclic) bond motifs is 4. The Morgan fingerprint density at radius 3 is 2.32 bits per heavy atom. The molecule has 3 atom stereocenters. The summed E-state index contributed by atoms with van der Waals surface area (Å²) in [5, 5.41) is 4.86. The fourth-order valence-electron chi connectivity index (χ4n) is 5.81. The van der Waals surface area contributed by atoms with Crippen LogP contribution in [0.4, 0.5) is 0 Å². The molecule has 2 aliphatic heterocycles. The molecule has 8 nitrogen and oxygen atoms in total. The maximum atomic E-state index is 13.8. The number of nitrogens with zero attached hydrogens (tertiary/aromatic N) is 2. The van der Waals surface area contributed by atoms with Crippen LogP contribution in [-0.2, 0) is 4.79 Å². The van der Waals surface area contributed by atoms with Crippen molar-refractivity contribution in [1.29, 1.82) is 0 Å². The molecule has 2 aromatic heterocycles. The number of nitrogens with one attached hydrogen (secondary N) is 3. The van der Waals surface area contributed by atoms with E-state index in [1.54, 1.807) is 12.3 Å². The van der Waals surface area contributed by atoms with E-state index in [4.69, 9.17) is 0 Å². The number of amides is 3. The Morgan fingerprint density at radius 1 is 0.946 bits per heavy atom. The van der Waals surface area contributed by atoms with E-state index in [1.807, 2.05) is 79.1 Å². The van der Waals surface area contributed by atoms with Gasteiger partial charge in [0.1, 0.15) is 11.7 Å². The third-order valence-electron chi connectivity index (χ3n) is 7.77. The van der Waals surface area contributed by atoms with Gasteiger partial charge in [-0.2, -0.15) is 0 Å². The smallest absolute Gasteiger partial charge is 0.268 e. The summed E-state index contributed by atoms with van der Waals surface area (Å²) in [5.41, 5.74) is 2.43. The Kier molecular flexibility index (Phi) is 5.36. The fraction of sp³-hybridized carbons (Fsp3) is 0.345. The molecular formula is C29H31N5O3. The van der Waals surface area contributed by atoms with E-state index in [2.05, 4.69) is 15.3 Å². The van der Waals surface area contributed by atoms with Crippen LogP contribution < -0.4 is 5.32 Å². The molecule has 2 bridgehead atoms. The number of para-hydroxylation sites is 2. The summed E-state index contributed by atoms with van der Waals surface area (Å²) < 4.78 is 0. The molecule has 0 aliphatic carbocycles. The van der Waals surface area contributed by atoms with Gasteiger partial charge < -0.3 is 25.1 Å². The first-order chi connectivity index (χ1) is 17.7. The Hall–Kier alpha value is -4.07. The zero-order valence-corrected chi connectivity index (χ0v) is 21.2. The highest BCUT2D eigenvalue weighted by atomic mass is 16.2. The quantitative estimate of drug-likeness (QED) is 0.398. The number of benzene rings is 2. The molecule has 2 aromatic carbocycles. The van der Waals surface area contributed by atoms with Gasteiger partial charge in [0.25, 0.3) is 11.8 Å². The summed E-state index contributed by atoms with van der Waals surface area (Å²) in [6, 6.07) is 16.5. The molecule has 2 fully saturated rings. The summed E-state index contributed by atoms with van der Waals surface area (Å²) in [6.07, 6.45) is 2.53. The van der Waals surface area contributed by atoms with E-state index in [1.165, 1.54) is 0 Å². The average Bonchev–Trinajstić information content (AvgIpc) is 3.66. The number of H-pyrrole nitrogens is 2. The van der Waals surface area contributed by atoms with Crippen molar-refractivity contribution in [2.45, 2.75) is 45.3 Å². The van der Waals surface area contributed by atoms with Crippen molar-refractivity contribution in [1.82, 2.24) is 25.1 Å². The Balaban J connectivity index is 1.18. The van der Waals surface area contributed by atoms with Gasteiger partial charge in [-0.1, -0.05) is 57.2 Å². The van der Waals surface area contributed by atoms with Crippen LogP contribution in [0.25, 0.3) is 21.8 Å². The number of carbonyl (C=O) groups excluding carboxylic acids is 3. The van der Waals surface area contributed by atoms with Gasteiger partial charge in [-0.05, 0) is 30.0 Å². The highest BCUT2D eigenvalue weighted by Crippen LogP contribution is 2.35. The summed E-state index contributed by atoms with van der Waals surface area (Å²) in [7, 11) is 0. The van der Waals surface area contributed by atoms with E-state index >= 15 is 0 Å². The van der Waals surface area contributed by atoms with Crippen molar-refractivity contribution in [2.75, 3.05) is 13.1 Å². The molecule has 2 saturated heterocycles. The first-order valence-corrected chi connectivity index (χ1v) is 12.8. The Bertz CT molecular complexity index is 1490. The van der Waals surface area contributed by atoms with Gasteiger partial charge in [0, 0.05) is 41.1 Å². The number of piperazine rings is 1. The molecule has 6 rings (SSSR count). The second-order valence-electron chi connectivity index (χ2n) is 11.3. The lowest BCUT2D eigenvalue weighted by Gasteiger charge is -2.39. The molecule has 3 amide bonds. The molecule has 8 heteroatoms. The molecule has 190 valence electrons. The maximum absolute atomic E-state index is 13.8. The second kappa shape index (κ2) is 8.50. The summed E-state index contributed by atoms with van der Waals surface area (Å²) in [5.74, 6) is -0.398. The van der Waals surface area contributed by atoms with Crippen molar-refractivity contribution in [3.05, 3.63) is 72.1 Å². The van der Waals surface area contributed by atoms with Crippen LogP contribution in [0.15, 0.2) is 60.8 Å². The lowest BCUT2D eigenvalue weighted by molar-refractivity contribution is -0.138. The van der Waals surface area contributed by atoms with Crippen molar-refractivity contribution < 1.29 is 14.4 Å². The molecule has 4 heterocycles. The number of aromatic amines is 2. The van der Waals surface area contributed by atoms with Crippen molar-refractivity contribution in [3.63, 3.8) is 0 Å². The van der Waals surface area contributed by atoms with Gasteiger partial charge in [-0.25, -0.2) is 0 Å². The predicted molar refractivity (Wildman–Crippen MR) is 142 cm³/mol. The van der Waals surface area contributed by atoms with E-state index in [9.17, 15) is 14.4 Å². The van der Waals surface area contributed by atoms with Gasteiger partial charge in [0.05, 0.1) is 17.6 Å². The van der Waals surface area contributed by atoms with Crippen molar-refractivity contribution in [2.24, 2.45) is 5.41 Å². The summed E-state index contributed by atoms with van der Waals surface area (Å²) >= 11 is 0. The van der Waals surface area contributed by atoms with E-state index in [-0.39, 0.29) is 29.8 Å². The minimum atomic E-state index is -0.691. The van der Waals surface area contributed by atoms with Gasteiger partial charge in [-0.3, -0.25) is 14.4 Å². The highest BCUT2D eigenvalue weighted by molar-refractivity contribution is 6.07. The summed E-state index contributed by atoms with van der Waals surface area (Å²) in [4.78, 5) is 50.5. The molecule has 0 radical (unpaired) electrons. The zero-order valence-electron chi connectivity index (χ0n) is 21.2. The normalized spacial score (nSPS) is 20.1. The van der Waals surface area contributed by atoms with Gasteiger partial charge >= 0.3 is 0 Å². The molecule has 0 spiro atoms. The Morgan fingerprint density at radius 2 is 1.62 bits per heavy atom. The maximum Gasteiger partial charge on any atom is 0.268 e. The molecule has 4 aromatic rings. The van der Waals surface area contributed by atoms with Gasteiger partial charge in [-0.15, -0.1) is 0 Å². The third-order valence-corrected chi connectivity index (χ3v) is 7.77. The number of likely N-dealkylation sites (tertiary alicyclic amines) is 2. The van der Waals surface area contributed by atoms with E-state index in [0.29, 0.717) is 24.3 Å². The minimum absolute atomic E-state index is 0.00321. The number of carbonyl (C=O) groups is 3. The largest absolute Gasteiger partial charge is 0.360 e. The molecule has 37 heavy (non-hydrogen) atoms. The number of hydrogen-bond donors (Lipinski definition) is 3. The monoisotopic (exact) mass is 497 g/mol. The predicted octanol–water partition coefficient (Wildman–Crippen LogP) is 3.92. The lowest BCUT2D eigenvalue weighted by atomic mass is 9.85. The van der Waals surface area contributed by atoms with Crippen LogP contribution >= 0.6 is 0 Å². The lowest BCUT2D eigenvalue weighted by Crippen LogP contribution is -2.59. The highest BCUT2D eigenvalue weighted by Gasteiger charge is 2.50. The molecule has 0 saturated carbocycles. The van der Waals surface area contributed by atoms with Crippen LogP contribution in [0.5, 0.6) is 0 Å². The zero-order chi connectivity index (χ0) is 25.9. The standard InChI is InChI=1S/C29H31N5O3/c1-29(2,3)25(32-26(35)24-12-17-8-4-6-10-22(17)31-24)28(37)34-16-18-13-19(34)15-33(18)27(36)21-14-30-23-11-7-5-9-20(21)23/h4-12,14,18-19,25,30-31H,13,15-16H2,1-3H3,(H,32,35)/t18-,19-,25+/m0/s1. The molecule has 3 N–H and O–H groups in total. The molecular weight excluding hydrogens is 466 g/mol. The van der Waals surface area contributed by atoms with Crippen LogP contribution in [0, 0.1) is 5.41 Å². The van der Waals surface area contributed by atoms with Crippen LogP contribution in [0.2, 0.25) is 0 Å². The van der Waals surface area contributed by atoms with E-state index in [0.717, 1.165) is 28.2 Å². The first-order valence-electron chi connectivity index (χ1n) is 12.8. The number of rotatable bonds is 4. The summed E-state index contributed by atoms with van der Waals surface area (Å²) in [6.45, 7) is 6.86. The number of hydrogen-bond acceptors (Lipinski definition) is 3. The van der Waals surface area contributed by atoms with Crippen LogP contribution in [0.1, 0.15) is 48.0 Å². The van der Waals surface area contributed by atoms with Gasteiger partial charge in [0.2, 0.25) is 5.91 Å².